The number of benzene rings is 2. The molecule has 2 aromatic carbocycles. The summed E-state index contributed by atoms with van der Waals surface area (Å²) >= 11 is 0. The fourth-order valence-electron chi connectivity index (χ4n) is 3.05. The third-order valence-corrected chi connectivity index (χ3v) is 5.80. The molecule has 0 heterocycles. The summed E-state index contributed by atoms with van der Waals surface area (Å²) in [5.41, 5.74) is 1.83. The summed E-state index contributed by atoms with van der Waals surface area (Å²) in [4.78, 5) is 15.1. The van der Waals surface area contributed by atoms with Gasteiger partial charge in [0, 0.05) is 12.6 Å². The Morgan fingerprint density at radius 2 is 1.71 bits per heavy atom. The Morgan fingerprint density at radius 1 is 1.04 bits per heavy atom. The van der Waals surface area contributed by atoms with Crippen LogP contribution in [0.5, 0.6) is 5.75 Å². The molecular formula is C22H29NO4S. The molecule has 28 heavy (non-hydrogen) atoms. The molecule has 0 aliphatic rings. The van der Waals surface area contributed by atoms with E-state index < -0.39 is 10.1 Å². The molecule has 1 atom stereocenters. The minimum absolute atomic E-state index is 0.00853. The summed E-state index contributed by atoms with van der Waals surface area (Å²) < 4.78 is 28.5. The summed E-state index contributed by atoms with van der Waals surface area (Å²) in [5, 5.41) is 0. The molecule has 2 aromatic rings. The van der Waals surface area contributed by atoms with Crippen LogP contribution in [0.1, 0.15) is 51.2 Å². The molecule has 2 rings (SSSR count). The molecular weight excluding hydrogens is 374 g/mol. The van der Waals surface area contributed by atoms with Gasteiger partial charge in [-0.15, -0.1) is 0 Å². The van der Waals surface area contributed by atoms with Gasteiger partial charge in [-0.1, -0.05) is 49.4 Å². The van der Waals surface area contributed by atoms with Gasteiger partial charge in [0.15, 0.2) is 0 Å². The number of carbonyl (C=O) groups excluding carboxylic acids is 1. The molecule has 0 aliphatic carbocycles. The average Bonchev–Trinajstić information content (AvgIpc) is 2.67. The second kappa shape index (κ2) is 9.73. The van der Waals surface area contributed by atoms with E-state index in [1.54, 1.807) is 18.2 Å². The van der Waals surface area contributed by atoms with E-state index in [-0.39, 0.29) is 29.4 Å². The van der Waals surface area contributed by atoms with Crippen LogP contribution in [0.4, 0.5) is 0 Å². The molecule has 152 valence electrons. The molecule has 0 saturated carbocycles. The molecule has 1 amide bonds. The highest BCUT2D eigenvalue weighted by atomic mass is 32.2. The lowest BCUT2D eigenvalue weighted by atomic mass is 9.94. The molecule has 0 radical (unpaired) electrons. The normalized spacial score (nSPS) is 12.6. The van der Waals surface area contributed by atoms with Gasteiger partial charge in [-0.2, -0.15) is 8.42 Å². The largest absolute Gasteiger partial charge is 0.382 e. The van der Waals surface area contributed by atoms with Crippen LogP contribution in [-0.4, -0.2) is 31.0 Å². The first-order valence-corrected chi connectivity index (χ1v) is 11.2. The highest BCUT2D eigenvalue weighted by Gasteiger charge is 2.26. The summed E-state index contributed by atoms with van der Waals surface area (Å²) in [6, 6.07) is 16.7. The highest BCUT2D eigenvalue weighted by Crippen LogP contribution is 2.25. The van der Waals surface area contributed by atoms with Crippen molar-refractivity contribution in [3.05, 3.63) is 65.7 Å². The molecule has 5 nitrogen and oxygen atoms in total. The van der Waals surface area contributed by atoms with E-state index in [1.807, 2.05) is 62.1 Å². The molecule has 0 bridgehead atoms. The molecule has 0 aromatic heterocycles. The Labute approximate surface area is 168 Å². The zero-order valence-electron chi connectivity index (χ0n) is 17.0. The lowest BCUT2D eigenvalue weighted by molar-refractivity contribution is -0.135. The van der Waals surface area contributed by atoms with Crippen molar-refractivity contribution in [1.29, 1.82) is 0 Å². The third kappa shape index (κ3) is 5.83. The highest BCUT2D eigenvalue weighted by molar-refractivity contribution is 7.87. The third-order valence-electron chi connectivity index (χ3n) is 4.64. The summed E-state index contributed by atoms with van der Waals surface area (Å²) in [6.07, 6.45) is 0.712. The predicted molar refractivity (Wildman–Crippen MR) is 112 cm³/mol. The second-order valence-corrected chi connectivity index (χ2v) is 8.87. The zero-order chi connectivity index (χ0) is 20.7. The fraction of sp³-hybridized carbons (Fsp3) is 0.409. The second-order valence-electron chi connectivity index (χ2n) is 7.01. The van der Waals surface area contributed by atoms with Gasteiger partial charge in [-0.3, -0.25) is 4.79 Å². The van der Waals surface area contributed by atoms with Crippen LogP contribution in [0.2, 0.25) is 0 Å². The van der Waals surface area contributed by atoms with E-state index in [9.17, 15) is 13.2 Å². The minimum atomic E-state index is -3.58. The van der Waals surface area contributed by atoms with Gasteiger partial charge in [0.2, 0.25) is 5.91 Å². The number of nitrogens with zero attached hydrogens (tertiary/aromatic N) is 1. The number of amides is 1. The first kappa shape index (κ1) is 22.0. The van der Waals surface area contributed by atoms with Gasteiger partial charge < -0.3 is 9.08 Å². The molecule has 0 N–H and O–H groups in total. The summed E-state index contributed by atoms with van der Waals surface area (Å²) in [7, 11) is -3.58. The van der Waals surface area contributed by atoms with Crippen LogP contribution in [0.25, 0.3) is 0 Å². The van der Waals surface area contributed by atoms with Gasteiger partial charge in [-0.25, -0.2) is 0 Å². The van der Waals surface area contributed by atoms with E-state index >= 15 is 0 Å². The topological polar surface area (TPSA) is 63.7 Å². The number of rotatable bonds is 9. The van der Waals surface area contributed by atoms with Crippen molar-refractivity contribution < 1.29 is 17.4 Å². The molecule has 0 fully saturated rings. The Morgan fingerprint density at radius 3 is 2.29 bits per heavy atom. The molecule has 0 unspecified atom stereocenters. The monoisotopic (exact) mass is 403 g/mol. The molecule has 0 aliphatic heterocycles. The van der Waals surface area contributed by atoms with Crippen molar-refractivity contribution in [3.8, 4) is 5.75 Å². The Bertz CT molecular complexity index is 878. The van der Waals surface area contributed by atoms with Crippen LogP contribution in [-0.2, 0) is 21.5 Å². The van der Waals surface area contributed by atoms with E-state index in [0.717, 1.165) is 11.1 Å². The van der Waals surface area contributed by atoms with E-state index in [1.165, 1.54) is 6.92 Å². The zero-order valence-corrected chi connectivity index (χ0v) is 17.8. The standard InChI is InChI=1S/C22H29NO4S/c1-5-21(19-12-8-7-9-13-19)22(24)23(17(3)4)16-18-11-10-14-20(15-18)27-28(25,26)6-2/h7-15,17,21H,5-6,16H2,1-4H3/t21-/m1/s1. The number of carbonyl (C=O) groups is 1. The van der Waals surface area contributed by atoms with Crippen molar-refractivity contribution in [2.45, 2.75) is 52.6 Å². The SMILES string of the molecule is CC[C@@H](C(=O)N(Cc1cccc(OS(=O)(=O)CC)c1)C(C)C)c1ccccc1. The maximum Gasteiger partial charge on any atom is 0.308 e. The predicted octanol–water partition coefficient (Wildman–Crippen LogP) is 4.35. The summed E-state index contributed by atoms with van der Waals surface area (Å²) in [5.74, 6) is 0.0358. The minimum Gasteiger partial charge on any atom is -0.382 e. The number of hydrogen-bond donors (Lipinski definition) is 0. The molecule has 0 saturated heterocycles. The van der Waals surface area contributed by atoms with Gasteiger partial charge in [0.1, 0.15) is 5.75 Å². The first-order valence-electron chi connectivity index (χ1n) is 9.64. The van der Waals surface area contributed by atoms with Crippen LogP contribution >= 0.6 is 0 Å². The van der Waals surface area contributed by atoms with Gasteiger partial charge in [0.25, 0.3) is 0 Å². The first-order chi connectivity index (χ1) is 13.3. The Balaban J connectivity index is 2.24. The Hall–Kier alpha value is -2.34. The van der Waals surface area contributed by atoms with Crippen LogP contribution in [0.3, 0.4) is 0 Å². The van der Waals surface area contributed by atoms with Gasteiger partial charge in [0.05, 0.1) is 11.7 Å². The average molecular weight is 404 g/mol. The number of hydrogen-bond acceptors (Lipinski definition) is 4. The van der Waals surface area contributed by atoms with Crippen LogP contribution < -0.4 is 4.18 Å². The summed E-state index contributed by atoms with van der Waals surface area (Å²) in [6.45, 7) is 7.91. The van der Waals surface area contributed by atoms with Crippen molar-refractivity contribution in [2.75, 3.05) is 5.75 Å². The smallest absolute Gasteiger partial charge is 0.308 e. The quantitative estimate of drug-likeness (QED) is 0.584. The van der Waals surface area contributed by atoms with E-state index in [0.29, 0.717) is 13.0 Å². The maximum absolute atomic E-state index is 13.3. The lowest BCUT2D eigenvalue weighted by Crippen LogP contribution is -2.39. The van der Waals surface area contributed by atoms with Crippen molar-refractivity contribution in [2.24, 2.45) is 0 Å². The molecule has 6 heteroatoms. The maximum atomic E-state index is 13.3. The molecule has 0 spiro atoms. The van der Waals surface area contributed by atoms with E-state index in [2.05, 4.69) is 0 Å². The van der Waals surface area contributed by atoms with E-state index in [4.69, 9.17) is 4.18 Å². The van der Waals surface area contributed by atoms with Crippen LogP contribution in [0, 0.1) is 0 Å². The van der Waals surface area contributed by atoms with Crippen LogP contribution in [0.15, 0.2) is 54.6 Å². The van der Waals surface area contributed by atoms with Gasteiger partial charge >= 0.3 is 10.1 Å². The van der Waals surface area contributed by atoms with Crippen molar-refractivity contribution in [1.82, 2.24) is 4.90 Å². The Kier molecular flexibility index (Phi) is 7.63. The fourth-order valence-corrected chi connectivity index (χ4v) is 3.57. The van der Waals surface area contributed by atoms with Crippen molar-refractivity contribution >= 4 is 16.0 Å². The van der Waals surface area contributed by atoms with Crippen molar-refractivity contribution in [3.63, 3.8) is 0 Å². The lowest BCUT2D eigenvalue weighted by Gasteiger charge is -2.31. The van der Waals surface area contributed by atoms with Gasteiger partial charge in [-0.05, 0) is 50.5 Å².